The maximum atomic E-state index is 11.8. The number of ether oxygens (including phenoxy) is 1. The Kier molecular flexibility index (Phi) is 3.68. The van der Waals surface area contributed by atoms with E-state index in [0.29, 0.717) is 10.6 Å². The largest absolute Gasteiger partial charge is 0.465 e. The van der Waals surface area contributed by atoms with Crippen molar-refractivity contribution in [3.63, 3.8) is 0 Å². The molecule has 6 nitrogen and oxygen atoms in total. The number of anilines is 1. The summed E-state index contributed by atoms with van der Waals surface area (Å²) >= 11 is 2.31. The van der Waals surface area contributed by atoms with Gasteiger partial charge >= 0.3 is 5.97 Å². The van der Waals surface area contributed by atoms with E-state index in [1.54, 1.807) is 12.3 Å². The summed E-state index contributed by atoms with van der Waals surface area (Å²) in [5.74, 6) is -0.866. The fourth-order valence-corrected chi connectivity index (χ4v) is 2.64. The number of methoxy groups -OCH3 is 1. The Hall–Kier alpha value is -1.80. The maximum Gasteiger partial charge on any atom is 0.350 e. The number of aromatic nitrogens is 2. The van der Waals surface area contributed by atoms with Crippen LogP contribution in [0.4, 0.5) is 5.69 Å². The third-order valence-corrected chi connectivity index (χ3v) is 3.76. The van der Waals surface area contributed by atoms with Gasteiger partial charge in [-0.15, -0.1) is 16.4 Å². The van der Waals surface area contributed by atoms with Crippen LogP contribution in [0.2, 0.25) is 0 Å². The fourth-order valence-electron chi connectivity index (χ4n) is 1.28. The lowest BCUT2D eigenvalue weighted by Gasteiger charge is -2.05. The summed E-state index contributed by atoms with van der Waals surface area (Å²) in [5, 5.41) is 9.63. The number of nitrogens with zero attached hydrogens (tertiary/aromatic N) is 2. The lowest BCUT2D eigenvalue weighted by atomic mass is 10.2. The highest BCUT2D eigenvalue weighted by atomic mass is 32.1. The van der Waals surface area contributed by atoms with Gasteiger partial charge in [-0.25, -0.2) is 4.79 Å². The van der Waals surface area contributed by atoms with Gasteiger partial charge in [0.05, 0.1) is 12.8 Å². The predicted octanol–water partition coefficient (Wildman–Crippen LogP) is 1.95. The van der Waals surface area contributed by atoms with E-state index in [0.717, 1.165) is 17.1 Å². The second-order valence-corrected chi connectivity index (χ2v) is 4.85. The molecule has 0 bridgehead atoms. The van der Waals surface area contributed by atoms with E-state index in [9.17, 15) is 9.59 Å². The van der Waals surface area contributed by atoms with Crippen LogP contribution in [0.5, 0.6) is 0 Å². The van der Waals surface area contributed by atoms with Gasteiger partial charge in [0.1, 0.15) is 4.88 Å². The van der Waals surface area contributed by atoms with E-state index in [1.807, 2.05) is 0 Å². The highest BCUT2D eigenvalue weighted by molar-refractivity contribution is 7.12. The van der Waals surface area contributed by atoms with Crippen LogP contribution in [0.25, 0.3) is 0 Å². The van der Waals surface area contributed by atoms with Gasteiger partial charge in [0.15, 0.2) is 5.69 Å². The van der Waals surface area contributed by atoms with Crippen LogP contribution in [0.1, 0.15) is 25.7 Å². The van der Waals surface area contributed by atoms with Crippen LogP contribution in [-0.2, 0) is 4.74 Å². The van der Waals surface area contributed by atoms with Crippen LogP contribution >= 0.6 is 22.9 Å². The van der Waals surface area contributed by atoms with Crippen LogP contribution in [0.15, 0.2) is 10.8 Å². The number of aryl methyl sites for hydroxylation is 1. The molecule has 0 aromatic carbocycles. The minimum atomic E-state index is -0.472. The molecule has 18 heavy (non-hydrogen) atoms. The average Bonchev–Trinajstić information content (AvgIpc) is 2.99. The van der Waals surface area contributed by atoms with Crippen molar-refractivity contribution in [2.24, 2.45) is 0 Å². The molecule has 0 unspecified atom stereocenters. The van der Waals surface area contributed by atoms with Crippen molar-refractivity contribution in [3.8, 4) is 0 Å². The Morgan fingerprint density at radius 2 is 2.17 bits per heavy atom. The molecule has 0 spiro atoms. The summed E-state index contributed by atoms with van der Waals surface area (Å²) in [6, 6.07) is 0. The Morgan fingerprint density at radius 3 is 2.78 bits per heavy atom. The van der Waals surface area contributed by atoms with Crippen molar-refractivity contribution in [1.82, 2.24) is 9.59 Å². The van der Waals surface area contributed by atoms with Gasteiger partial charge in [-0.2, -0.15) is 0 Å². The molecule has 8 heteroatoms. The number of hydrogen-bond acceptors (Lipinski definition) is 7. The van der Waals surface area contributed by atoms with E-state index in [1.165, 1.54) is 23.8 Å². The number of amides is 1. The van der Waals surface area contributed by atoms with Crippen LogP contribution < -0.4 is 5.32 Å². The van der Waals surface area contributed by atoms with Crippen molar-refractivity contribution in [3.05, 3.63) is 26.9 Å². The van der Waals surface area contributed by atoms with E-state index in [-0.39, 0.29) is 5.69 Å². The molecule has 0 aliphatic heterocycles. The van der Waals surface area contributed by atoms with Gasteiger partial charge in [0.25, 0.3) is 5.91 Å². The first-order valence-corrected chi connectivity index (χ1v) is 6.60. The van der Waals surface area contributed by atoms with Gasteiger partial charge < -0.3 is 10.1 Å². The molecule has 2 heterocycles. The zero-order chi connectivity index (χ0) is 13.1. The fraction of sp³-hybridized carbons (Fsp3) is 0.200. The van der Waals surface area contributed by atoms with E-state index >= 15 is 0 Å². The lowest BCUT2D eigenvalue weighted by Crippen LogP contribution is -2.15. The molecule has 0 fully saturated rings. The van der Waals surface area contributed by atoms with E-state index in [4.69, 9.17) is 0 Å². The topological polar surface area (TPSA) is 81.2 Å². The smallest absolute Gasteiger partial charge is 0.350 e. The van der Waals surface area contributed by atoms with Gasteiger partial charge in [-0.3, -0.25) is 4.79 Å². The zero-order valence-electron chi connectivity index (χ0n) is 9.59. The summed E-state index contributed by atoms with van der Waals surface area (Å²) in [7, 11) is 1.30. The first-order valence-electron chi connectivity index (χ1n) is 4.88. The lowest BCUT2D eigenvalue weighted by molar-refractivity contribution is 0.0607. The standard InChI is InChI=1S/C10H9N3O3S2/c1-5-3-17-8(10(15)16-2)7(5)11-9(14)6-4-18-13-12-6/h3-4H,1-2H3,(H,11,14). The number of hydrogen-bond donors (Lipinski definition) is 1. The Labute approximate surface area is 111 Å². The molecule has 2 aromatic rings. The third-order valence-electron chi connectivity index (χ3n) is 2.18. The Bertz CT molecular complexity index is 577. The van der Waals surface area contributed by atoms with Crippen molar-refractivity contribution in [2.75, 3.05) is 12.4 Å². The Balaban J connectivity index is 2.26. The highest BCUT2D eigenvalue weighted by Gasteiger charge is 2.19. The molecular formula is C10H9N3O3S2. The molecule has 0 aliphatic rings. The molecule has 2 rings (SSSR count). The number of nitrogens with one attached hydrogen (secondary N) is 1. The van der Waals surface area contributed by atoms with Crippen molar-refractivity contribution < 1.29 is 14.3 Å². The van der Waals surface area contributed by atoms with Gasteiger partial charge in [-0.1, -0.05) is 4.49 Å². The predicted molar refractivity (Wildman–Crippen MR) is 68.3 cm³/mol. The molecule has 0 aliphatic carbocycles. The minimum absolute atomic E-state index is 0.224. The molecule has 1 N–H and O–H groups in total. The monoisotopic (exact) mass is 283 g/mol. The number of thiophene rings is 1. The zero-order valence-corrected chi connectivity index (χ0v) is 11.2. The Morgan fingerprint density at radius 1 is 1.39 bits per heavy atom. The summed E-state index contributed by atoms with van der Waals surface area (Å²) in [6.07, 6.45) is 0. The molecule has 0 saturated heterocycles. The van der Waals surface area contributed by atoms with E-state index < -0.39 is 11.9 Å². The van der Waals surface area contributed by atoms with E-state index in [2.05, 4.69) is 19.6 Å². The maximum absolute atomic E-state index is 11.8. The second-order valence-electron chi connectivity index (χ2n) is 3.36. The normalized spacial score (nSPS) is 10.1. The van der Waals surface area contributed by atoms with Crippen LogP contribution in [-0.4, -0.2) is 28.6 Å². The summed E-state index contributed by atoms with van der Waals surface area (Å²) in [5.41, 5.74) is 1.49. The molecular weight excluding hydrogens is 274 g/mol. The quantitative estimate of drug-likeness (QED) is 0.871. The van der Waals surface area contributed by atoms with Crippen molar-refractivity contribution in [2.45, 2.75) is 6.92 Å². The molecule has 94 valence electrons. The SMILES string of the molecule is COC(=O)c1scc(C)c1NC(=O)c1csnn1. The summed E-state index contributed by atoms with van der Waals surface area (Å²) in [4.78, 5) is 23.7. The molecule has 0 saturated carbocycles. The first-order chi connectivity index (χ1) is 8.63. The van der Waals surface area contributed by atoms with Crippen molar-refractivity contribution >= 4 is 40.4 Å². The number of esters is 1. The van der Waals surface area contributed by atoms with Crippen LogP contribution in [0.3, 0.4) is 0 Å². The molecule has 2 aromatic heterocycles. The molecule has 1 amide bonds. The number of rotatable bonds is 3. The summed E-state index contributed by atoms with van der Waals surface area (Å²) in [6.45, 7) is 1.80. The molecule has 0 atom stereocenters. The van der Waals surface area contributed by atoms with Gasteiger partial charge in [-0.05, 0) is 29.4 Å². The molecule has 0 radical (unpaired) electrons. The third kappa shape index (κ3) is 2.39. The first kappa shape index (κ1) is 12.7. The number of carbonyl (C=O) groups excluding carboxylic acids is 2. The average molecular weight is 283 g/mol. The summed E-state index contributed by atoms with van der Waals surface area (Å²) < 4.78 is 8.27. The number of carbonyl (C=O) groups is 2. The van der Waals surface area contributed by atoms with Crippen LogP contribution in [0, 0.1) is 6.92 Å². The van der Waals surface area contributed by atoms with Gasteiger partial charge in [0, 0.05) is 5.38 Å². The second kappa shape index (κ2) is 5.23. The van der Waals surface area contributed by atoms with Gasteiger partial charge in [0.2, 0.25) is 0 Å². The van der Waals surface area contributed by atoms with Crippen molar-refractivity contribution in [1.29, 1.82) is 0 Å². The highest BCUT2D eigenvalue weighted by Crippen LogP contribution is 2.28. The minimum Gasteiger partial charge on any atom is -0.465 e.